The Morgan fingerprint density at radius 1 is 0.302 bits per heavy atom. The van der Waals surface area contributed by atoms with Crippen LogP contribution in [-0.4, -0.2) is 37.2 Å². The fraction of sp³-hybridized carbons (Fsp3) is 0.912. The Labute approximate surface area is 392 Å². The molecule has 0 amide bonds. The van der Waals surface area contributed by atoms with Gasteiger partial charge in [0.15, 0.2) is 6.10 Å². The van der Waals surface area contributed by atoms with Crippen LogP contribution in [0.4, 0.5) is 0 Å². The number of rotatable bonds is 52. The van der Waals surface area contributed by atoms with Crippen LogP contribution in [0.5, 0.6) is 0 Å². The molecule has 0 aromatic rings. The van der Waals surface area contributed by atoms with Crippen LogP contribution in [0.3, 0.4) is 0 Å². The number of allylic oxidation sites excluding steroid dienone is 2. The van der Waals surface area contributed by atoms with Gasteiger partial charge in [0.1, 0.15) is 13.2 Å². The minimum atomic E-state index is -0.761. The third-order valence-corrected chi connectivity index (χ3v) is 12.8. The SMILES string of the molecule is CCCCCCCCCC/C=C\CCCCCCCCCCCCCCCC(=O)OCC(COC(=O)CCCCCCCC)OC(=O)CCCCCCCCCCCCCCCC. The highest BCUT2D eigenvalue weighted by Gasteiger charge is 2.19. The summed E-state index contributed by atoms with van der Waals surface area (Å²) in [6.07, 6.45) is 59.5. The molecule has 1 atom stereocenters. The third kappa shape index (κ3) is 51.0. The fourth-order valence-electron chi connectivity index (χ4n) is 8.50. The average Bonchev–Trinajstić information content (AvgIpc) is 3.28. The molecule has 0 aliphatic heterocycles. The van der Waals surface area contributed by atoms with Gasteiger partial charge >= 0.3 is 17.9 Å². The second-order valence-electron chi connectivity index (χ2n) is 19.2. The summed E-state index contributed by atoms with van der Waals surface area (Å²) in [5.41, 5.74) is 0. The van der Waals surface area contributed by atoms with E-state index in [1.807, 2.05) is 0 Å². The van der Waals surface area contributed by atoms with Crippen molar-refractivity contribution in [1.82, 2.24) is 0 Å². The Bertz CT molecular complexity index is 978. The summed E-state index contributed by atoms with van der Waals surface area (Å²) in [4.78, 5) is 37.8. The van der Waals surface area contributed by atoms with Gasteiger partial charge in [0.25, 0.3) is 0 Å². The molecule has 0 aliphatic carbocycles. The predicted octanol–water partition coefficient (Wildman–Crippen LogP) is 18.5. The number of esters is 3. The standard InChI is InChI=1S/C57H108O6/c1-4-7-10-13-16-18-20-22-24-25-26-27-28-29-30-31-32-33-34-36-37-39-41-44-47-50-56(59)62-53-54(52-61-55(58)49-46-43-15-12-9-6-3)63-57(60)51-48-45-42-40-38-35-23-21-19-17-14-11-8-5-2/h25-26,54H,4-24,27-53H2,1-3H3/b26-25-. The highest BCUT2D eigenvalue weighted by Crippen LogP contribution is 2.17. The van der Waals surface area contributed by atoms with Gasteiger partial charge in [-0.25, -0.2) is 0 Å². The molecule has 0 aromatic carbocycles. The highest BCUT2D eigenvalue weighted by atomic mass is 16.6. The lowest BCUT2D eigenvalue weighted by molar-refractivity contribution is -0.167. The number of hydrogen-bond donors (Lipinski definition) is 0. The first-order chi connectivity index (χ1) is 31.0. The first-order valence-electron chi connectivity index (χ1n) is 28.2. The summed E-state index contributed by atoms with van der Waals surface area (Å²) in [6.45, 7) is 6.62. The molecule has 0 bridgehead atoms. The van der Waals surface area contributed by atoms with E-state index in [1.54, 1.807) is 0 Å². The zero-order chi connectivity index (χ0) is 45.8. The minimum absolute atomic E-state index is 0.0651. The zero-order valence-electron chi connectivity index (χ0n) is 42.6. The Morgan fingerprint density at radius 3 is 0.794 bits per heavy atom. The maximum Gasteiger partial charge on any atom is 0.306 e. The van der Waals surface area contributed by atoms with Crippen LogP contribution >= 0.6 is 0 Å². The van der Waals surface area contributed by atoms with Crippen LogP contribution in [0.2, 0.25) is 0 Å². The Balaban J connectivity index is 4.04. The lowest BCUT2D eigenvalue weighted by Gasteiger charge is -2.18. The first-order valence-corrected chi connectivity index (χ1v) is 28.2. The van der Waals surface area contributed by atoms with E-state index < -0.39 is 6.10 Å². The zero-order valence-corrected chi connectivity index (χ0v) is 42.6. The van der Waals surface area contributed by atoms with Crippen LogP contribution in [0, 0.1) is 0 Å². The molecule has 0 aliphatic rings. The van der Waals surface area contributed by atoms with Gasteiger partial charge in [-0.05, 0) is 44.9 Å². The Morgan fingerprint density at radius 2 is 0.524 bits per heavy atom. The second kappa shape index (κ2) is 52.8. The van der Waals surface area contributed by atoms with Crippen molar-refractivity contribution >= 4 is 17.9 Å². The molecule has 0 heterocycles. The lowest BCUT2D eigenvalue weighted by Crippen LogP contribution is -2.30. The van der Waals surface area contributed by atoms with Crippen molar-refractivity contribution in [2.24, 2.45) is 0 Å². The number of unbranched alkanes of at least 4 members (excludes halogenated alkanes) is 39. The summed E-state index contributed by atoms with van der Waals surface area (Å²) < 4.78 is 16.7. The van der Waals surface area contributed by atoms with E-state index in [-0.39, 0.29) is 31.1 Å². The topological polar surface area (TPSA) is 78.9 Å². The lowest BCUT2D eigenvalue weighted by atomic mass is 10.0. The average molecular weight is 889 g/mol. The van der Waals surface area contributed by atoms with Crippen LogP contribution in [0.25, 0.3) is 0 Å². The number of ether oxygens (including phenoxy) is 3. The van der Waals surface area contributed by atoms with Crippen LogP contribution in [0.1, 0.15) is 316 Å². The van der Waals surface area contributed by atoms with E-state index in [0.717, 1.165) is 57.8 Å². The van der Waals surface area contributed by atoms with Crippen LogP contribution in [-0.2, 0) is 28.6 Å². The molecule has 0 rings (SSSR count). The smallest absolute Gasteiger partial charge is 0.306 e. The monoisotopic (exact) mass is 889 g/mol. The molecule has 0 N–H and O–H groups in total. The van der Waals surface area contributed by atoms with E-state index in [4.69, 9.17) is 14.2 Å². The third-order valence-electron chi connectivity index (χ3n) is 12.8. The van der Waals surface area contributed by atoms with E-state index in [1.165, 1.54) is 218 Å². The van der Waals surface area contributed by atoms with Crippen molar-refractivity contribution in [1.29, 1.82) is 0 Å². The summed E-state index contributed by atoms with van der Waals surface area (Å²) in [6, 6.07) is 0. The minimum Gasteiger partial charge on any atom is -0.462 e. The Kier molecular flexibility index (Phi) is 51.2. The van der Waals surface area contributed by atoms with Gasteiger partial charge in [0, 0.05) is 19.3 Å². The molecule has 372 valence electrons. The van der Waals surface area contributed by atoms with E-state index in [2.05, 4.69) is 32.9 Å². The van der Waals surface area contributed by atoms with Crippen molar-refractivity contribution in [2.75, 3.05) is 13.2 Å². The molecule has 0 fully saturated rings. The molecule has 0 aromatic heterocycles. The molecule has 0 saturated heterocycles. The molecular weight excluding hydrogens is 781 g/mol. The van der Waals surface area contributed by atoms with Crippen LogP contribution in [0.15, 0.2) is 12.2 Å². The van der Waals surface area contributed by atoms with Gasteiger partial charge in [-0.15, -0.1) is 0 Å². The molecule has 0 spiro atoms. The van der Waals surface area contributed by atoms with Crippen molar-refractivity contribution in [3.63, 3.8) is 0 Å². The van der Waals surface area contributed by atoms with Gasteiger partial charge in [-0.1, -0.05) is 264 Å². The van der Waals surface area contributed by atoms with Crippen molar-refractivity contribution in [3.05, 3.63) is 12.2 Å². The van der Waals surface area contributed by atoms with E-state index >= 15 is 0 Å². The Hall–Kier alpha value is -1.85. The van der Waals surface area contributed by atoms with E-state index in [0.29, 0.717) is 19.3 Å². The first kappa shape index (κ1) is 61.1. The summed E-state index contributed by atoms with van der Waals surface area (Å²) in [7, 11) is 0. The molecule has 0 radical (unpaired) electrons. The van der Waals surface area contributed by atoms with E-state index in [9.17, 15) is 14.4 Å². The molecule has 6 heteroatoms. The quantitative estimate of drug-likeness (QED) is 0.0262. The maximum absolute atomic E-state index is 12.7. The predicted molar refractivity (Wildman–Crippen MR) is 270 cm³/mol. The normalized spacial score (nSPS) is 12.0. The molecule has 6 nitrogen and oxygen atoms in total. The van der Waals surface area contributed by atoms with Gasteiger partial charge in [0.05, 0.1) is 0 Å². The summed E-state index contributed by atoms with van der Waals surface area (Å²) in [5.74, 6) is -0.856. The largest absolute Gasteiger partial charge is 0.462 e. The van der Waals surface area contributed by atoms with Crippen molar-refractivity contribution in [3.8, 4) is 0 Å². The van der Waals surface area contributed by atoms with Gasteiger partial charge in [0.2, 0.25) is 0 Å². The highest BCUT2D eigenvalue weighted by molar-refractivity contribution is 5.71. The molecular formula is C57H108O6. The number of hydrogen-bond acceptors (Lipinski definition) is 6. The molecule has 0 saturated carbocycles. The van der Waals surface area contributed by atoms with Crippen molar-refractivity contribution < 1.29 is 28.6 Å². The van der Waals surface area contributed by atoms with Gasteiger partial charge < -0.3 is 14.2 Å². The van der Waals surface area contributed by atoms with Gasteiger partial charge in [-0.2, -0.15) is 0 Å². The van der Waals surface area contributed by atoms with Crippen molar-refractivity contribution in [2.45, 2.75) is 322 Å². The van der Waals surface area contributed by atoms with Crippen LogP contribution < -0.4 is 0 Å². The summed E-state index contributed by atoms with van der Waals surface area (Å²) >= 11 is 0. The summed E-state index contributed by atoms with van der Waals surface area (Å²) in [5, 5.41) is 0. The van der Waals surface area contributed by atoms with Gasteiger partial charge in [-0.3, -0.25) is 14.4 Å². The second-order valence-corrected chi connectivity index (χ2v) is 19.2. The molecule has 1 unspecified atom stereocenters. The maximum atomic E-state index is 12.7. The number of carbonyl (C=O) groups is 3. The molecule has 63 heavy (non-hydrogen) atoms. The fourth-order valence-corrected chi connectivity index (χ4v) is 8.50. The number of carbonyl (C=O) groups excluding carboxylic acids is 3.